The molecule has 3 N–H and O–H groups in total. The molecular weight excluding hydrogens is 424 g/mol. The molecule has 0 unspecified atom stereocenters. The highest BCUT2D eigenvalue weighted by atomic mass is 16.1. The number of anilines is 3. The van der Waals surface area contributed by atoms with Gasteiger partial charge in [-0.1, -0.05) is 35.9 Å². The van der Waals surface area contributed by atoms with E-state index in [1.54, 1.807) is 30.4 Å². The number of carbonyl (C=O) groups excluding carboxylic acids is 2. The molecule has 0 radical (unpaired) electrons. The number of rotatable bonds is 7. The lowest BCUT2D eigenvalue weighted by atomic mass is 10.0. The van der Waals surface area contributed by atoms with Gasteiger partial charge in [-0.3, -0.25) is 14.6 Å². The molecule has 1 amide bonds. The normalized spacial score (nSPS) is 11.0. The van der Waals surface area contributed by atoms with Gasteiger partial charge in [0.2, 0.25) is 0 Å². The second-order valence-electron chi connectivity index (χ2n) is 8.32. The average Bonchev–Trinajstić information content (AvgIpc) is 2.83. The maximum Gasteiger partial charge on any atom is 0.252 e. The lowest BCUT2D eigenvalue weighted by Crippen LogP contribution is -2.14. The number of nitrogens with two attached hydrogens (primary N) is 1. The maximum absolute atomic E-state index is 12.9. The van der Waals surface area contributed by atoms with Crippen molar-refractivity contribution in [3.8, 4) is 0 Å². The summed E-state index contributed by atoms with van der Waals surface area (Å²) in [6.45, 7) is 2.00. The van der Waals surface area contributed by atoms with Gasteiger partial charge in [0.05, 0.1) is 16.8 Å². The third kappa shape index (κ3) is 4.96. The molecule has 0 bridgehead atoms. The second kappa shape index (κ2) is 9.58. The molecule has 6 nitrogen and oxygen atoms in total. The second-order valence-corrected chi connectivity index (χ2v) is 8.32. The molecule has 0 aliphatic carbocycles. The van der Waals surface area contributed by atoms with Crippen LogP contribution in [0.25, 0.3) is 17.0 Å². The Hall–Kier alpha value is -4.45. The molecule has 34 heavy (non-hydrogen) atoms. The number of nitrogens with one attached hydrogen (secondary N) is 1. The third-order valence-electron chi connectivity index (χ3n) is 5.58. The Morgan fingerprint density at radius 3 is 2.32 bits per heavy atom. The number of fused-ring (bicyclic) bond motifs is 1. The summed E-state index contributed by atoms with van der Waals surface area (Å²) in [5.74, 6) is -0.744. The number of pyridine rings is 1. The Morgan fingerprint density at radius 2 is 1.68 bits per heavy atom. The molecule has 4 aromatic rings. The van der Waals surface area contributed by atoms with Crippen molar-refractivity contribution in [1.82, 2.24) is 4.98 Å². The van der Waals surface area contributed by atoms with Gasteiger partial charge >= 0.3 is 0 Å². The summed E-state index contributed by atoms with van der Waals surface area (Å²) in [5, 5.41) is 3.93. The Morgan fingerprint density at radius 1 is 0.971 bits per heavy atom. The smallest absolute Gasteiger partial charge is 0.252 e. The highest BCUT2D eigenvalue weighted by Gasteiger charge is 2.15. The Kier molecular flexibility index (Phi) is 6.41. The fourth-order valence-electron chi connectivity index (χ4n) is 3.60. The summed E-state index contributed by atoms with van der Waals surface area (Å²) in [6.07, 6.45) is 4.79. The van der Waals surface area contributed by atoms with Gasteiger partial charge in [0.1, 0.15) is 0 Å². The number of hydrogen-bond donors (Lipinski definition) is 2. The van der Waals surface area contributed by atoms with Gasteiger partial charge in [-0.15, -0.1) is 0 Å². The minimum absolute atomic E-state index is 0.149. The number of aryl methyl sites for hydroxylation is 1. The fourth-order valence-corrected chi connectivity index (χ4v) is 3.60. The van der Waals surface area contributed by atoms with E-state index in [0.29, 0.717) is 22.2 Å². The molecule has 1 heterocycles. The zero-order valence-corrected chi connectivity index (χ0v) is 19.4. The monoisotopic (exact) mass is 450 g/mol. The van der Waals surface area contributed by atoms with Crippen molar-refractivity contribution >= 4 is 45.7 Å². The predicted octanol–water partition coefficient (Wildman–Crippen LogP) is 5.35. The van der Waals surface area contributed by atoms with E-state index >= 15 is 0 Å². The van der Waals surface area contributed by atoms with Gasteiger partial charge < -0.3 is 16.0 Å². The lowest BCUT2D eigenvalue weighted by molar-refractivity contribution is 0.0999. The van der Waals surface area contributed by atoms with Crippen LogP contribution in [0.3, 0.4) is 0 Å². The first kappa shape index (κ1) is 22.7. The van der Waals surface area contributed by atoms with Crippen LogP contribution >= 0.6 is 0 Å². The highest BCUT2D eigenvalue weighted by molar-refractivity contribution is 6.12. The van der Waals surface area contributed by atoms with E-state index in [9.17, 15) is 9.59 Å². The van der Waals surface area contributed by atoms with Crippen LogP contribution in [0, 0.1) is 6.92 Å². The van der Waals surface area contributed by atoms with E-state index in [2.05, 4.69) is 10.3 Å². The van der Waals surface area contributed by atoms with Crippen LogP contribution < -0.4 is 16.0 Å². The molecular formula is C28H26N4O2. The van der Waals surface area contributed by atoms with Crippen LogP contribution in [0.1, 0.15) is 31.8 Å². The Bertz CT molecular complexity index is 1390. The summed E-state index contributed by atoms with van der Waals surface area (Å²) in [7, 11) is 3.96. The van der Waals surface area contributed by atoms with Crippen molar-refractivity contribution in [3.63, 3.8) is 0 Å². The number of benzene rings is 3. The van der Waals surface area contributed by atoms with Gasteiger partial charge in [0, 0.05) is 42.6 Å². The molecule has 3 aromatic carbocycles. The molecule has 4 rings (SSSR count). The van der Waals surface area contributed by atoms with Crippen LogP contribution in [-0.4, -0.2) is 30.8 Å². The van der Waals surface area contributed by atoms with Crippen LogP contribution in [-0.2, 0) is 0 Å². The fraction of sp³-hybridized carbons (Fsp3) is 0.107. The molecule has 0 saturated carbocycles. The molecule has 0 aliphatic heterocycles. The minimum Gasteiger partial charge on any atom is -0.378 e. The Balaban J connectivity index is 1.69. The van der Waals surface area contributed by atoms with Gasteiger partial charge in [-0.25, -0.2) is 0 Å². The lowest BCUT2D eigenvalue weighted by Gasteiger charge is -2.14. The van der Waals surface area contributed by atoms with E-state index in [0.717, 1.165) is 22.5 Å². The van der Waals surface area contributed by atoms with Crippen molar-refractivity contribution in [2.45, 2.75) is 6.92 Å². The summed E-state index contributed by atoms with van der Waals surface area (Å²) in [4.78, 5) is 31.4. The molecule has 0 aliphatic rings. The summed E-state index contributed by atoms with van der Waals surface area (Å²) in [6, 6.07) is 21.0. The van der Waals surface area contributed by atoms with Crippen LogP contribution in [0.15, 0.2) is 79.0 Å². The van der Waals surface area contributed by atoms with Crippen molar-refractivity contribution in [2.24, 2.45) is 5.73 Å². The van der Waals surface area contributed by atoms with Crippen molar-refractivity contribution in [3.05, 3.63) is 101 Å². The van der Waals surface area contributed by atoms with Gasteiger partial charge in [0.25, 0.3) is 5.91 Å². The van der Waals surface area contributed by atoms with Gasteiger partial charge in [-0.05, 0) is 61.0 Å². The number of hydrogen-bond acceptors (Lipinski definition) is 5. The molecule has 0 spiro atoms. The molecule has 170 valence electrons. The first-order valence-corrected chi connectivity index (χ1v) is 10.9. The number of nitrogens with zero attached hydrogens (tertiary/aromatic N) is 2. The summed E-state index contributed by atoms with van der Waals surface area (Å²) >= 11 is 0. The predicted molar refractivity (Wildman–Crippen MR) is 139 cm³/mol. The number of allylic oxidation sites excluding steroid dienone is 1. The van der Waals surface area contributed by atoms with Crippen molar-refractivity contribution < 1.29 is 9.59 Å². The highest BCUT2D eigenvalue weighted by Crippen LogP contribution is 2.30. The van der Waals surface area contributed by atoms with E-state index in [-0.39, 0.29) is 11.3 Å². The topological polar surface area (TPSA) is 88.3 Å². The number of ketones is 1. The molecule has 6 heteroatoms. The first-order valence-electron chi connectivity index (χ1n) is 10.9. The zero-order chi connectivity index (χ0) is 24.2. The molecule has 0 saturated heterocycles. The number of aromatic nitrogens is 1. The van der Waals surface area contributed by atoms with Crippen LogP contribution in [0.4, 0.5) is 17.1 Å². The van der Waals surface area contributed by atoms with Gasteiger partial charge in [-0.2, -0.15) is 0 Å². The van der Waals surface area contributed by atoms with E-state index in [1.165, 1.54) is 6.20 Å². The molecule has 0 atom stereocenters. The summed E-state index contributed by atoms with van der Waals surface area (Å²) in [5.41, 5.74) is 11.5. The van der Waals surface area contributed by atoms with Gasteiger partial charge in [0.15, 0.2) is 5.78 Å². The Labute approximate surface area is 198 Å². The number of carbonyl (C=O) groups is 2. The summed E-state index contributed by atoms with van der Waals surface area (Å²) < 4.78 is 0. The van der Waals surface area contributed by atoms with Crippen LogP contribution in [0.2, 0.25) is 0 Å². The van der Waals surface area contributed by atoms with Crippen molar-refractivity contribution in [1.29, 1.82) is 0 Å². The molecule has 0 fully saturated rings. The number of primary amides is 1. The van der Waals surface area contributed by atoms with E-state index in [1.807, 2.05) is 74.4 Å². The SMILES string of the molecule is Cc1ccc(Nc2c(C(N)=O)cnc3ccc(C(=O)/C=C/c4ccc(N(C)C)cc4)cc23)cc1. The molecule has 1 aromatic heterocycles. The quantitative estimate of drug-likeness (QED) is 0.293. The van der Waals surface area contributed by atoms with Crippen molar-refractivity contribution in [2.75, 3.05) is 24.3 Å². The average molecular weight is 451 g/mol. The number of amides is 1. The van der Waals surface area contributed by atoms with E-state index < -0.39 is 5.91 Å². The minimum atomic E-state index is -0.596. The van der Waals surface area contributed by atoms with E-state index in [4.69, 9.17) is 5.73 Å². The first-order chi connectivity index (χ1) is 16.3. The zero-order valence-electron chi connectivity index (χ0n) is 19.4. The third-order valence-corrected chi connectivity index (χ3v) is 5.58. The maximum atomic E-state index is 12.9. The largest absolute Gasteiger partial charge is 0.378 e. The standard InChI is InChI=1S/C28H26N4O2/c1-18-4-10-21(11-5-18)31-27-23-16-20(9-14-25(23)30-17-24(27)28(29)34)26(33)15-8-19-6-12-22(13-7-19)32(2)3/h4-17H,1-3H3,(H2,29,34)(H,30,31)/b15-8+. The van der Waals surface area contributed by atoms with Crippen LogP contribution in [0.5, 0.6) is 0 Å².